The van der Waals surface area contributed by atoms with E-state index in [1.54, 1.807) is 6.08 Å². The molecule has 1 saturated carbocycles. The Labute approximate surface area is 116 Å². The molecule has 0 aliphatic heterocycles. The van der Waals surface area contributed by atoms with Crippen LogP contribution >= 0.6 is 0 Å². The molecule has 2 unspecified atom stereocenters. The molecule has 0 saturated heterocycles. The molecule has 0 amide bonds. The topological polar surface area (TPSA) is 37.3 Å². The van der Waals surface area contributed by atoms with Crippen LogP contribution in [0.3, 0.4) is 0 Å². The maximum Gasteiger partial charge on any atom is 0.138 e. The molecule has 104 valence electrons. The molecule has 0 radical (unpaired) electrons. The normalized spacial score (nSPS) is 30.8. The summed E-state index contributed by atoms with van der Waals surface area (Å²) in [5, 5.41) is 10.3. The highest BCUT2D eigenvalue weighted by Gasteiger charge is 2.38. The third kappa shape index (κ3) is 4.41. The van der Waals surface area contributed by atoms with Crippen molar-refractivity contribution in [1.29, 1.82) is 0 Å². The van der Waals surface area contributed by atoms with E-state index in [2.05, 4.69) is 0 Å². The van der Waals surface area contributed by atoms with Crippen molar-refractivity contribution in [1.82, 2.24) is 0 Å². The second-order valence-corrected chi connectivity index (χ2v) is 5.00. The minimum Gasteiger partial charge on any atom is -0.392 e. The average molecular weight is 255 g/mol. The zero-order chi connectivity index (χ0) is 15.3. The molecular weight excluding hydrogens is 224 g/mol. The molecule has 1 rings (SSSR count). The molecule has 4 atom stereocenters. The van der Waals surface area contributed by atoms with Crippen LogP contribution in [0.4, 0.5) is 0 Å². The first-order valence-electron chi connectivity index (χ1n) is 7.77. The Hall–Kier alpha value is -0.890. The molecule has 0 spiro atoms. The third-order valence-electron chi connectivity index (χ3n) is 3.63. The van der Waals surface area contributed by atoms with Gasteiger partial charge in [-0.15, -0.1) is 0 Å². The zero-order valence-electron chi connectivity index (χ0n) is 13.6. The van der Waals surface area contributed by atoms with Crippen LogP contribution in [0.2, 0.25) is 0 Å². The summed E-state index contributed by atoms with van der Waals surface area (Å²) in [4.78, 5) is 11.8. The van der Waals surface area contributed by atoms with Crippen molar-refractivity contribution in [2.24, 2.45) is 17.8 Å². The summed E-state index contributed by atoms with van der Waals surface area (Å²) in [6.45, 7) is 1.88. The van der Waals surface area contributed by atoms with Gasteiger partial charge in [-0.1, -0.05) is 45.6 Å². The number of carbonyl (C=O) groups excluding carboxylic acids is 1. The fourth-order valence-electron chi connectivity index (χ4n) is 2.48. The molecule has 18 heavy (non-hydrogen) atoms. The summed E-state index contributed by atoms with van der Waals surface area (Å²) in [7, 11) is 0. The highest BCUT2D eigenvalue weighted by Crippen LogP contribution is 2.34. The van der Waals surface area contributed by atoms with Gasteiger partial charge < -0.3 is 5.11 Å². The molecule has 0 aromatic rings. The van der Waals surface area contributed by atoms with Crippen LogP contribution in [-0.4, -0.2) is 17.0 Å². The van der Waals surface area contributed by atoms with Crippen molar-refractivity contribution < 1.29 is 14.0 Å². The molecule has 1 N–H and O–H groups in total. The van der Waals surface area contributed by atoms with Gasteiger partial charge in [-0.3, -0.25) is 4.79 Å². The number of aliphatic hydroxyl groups excluding tert-OH is 1. The van der Waals surface area contributed by atoms with Gasteiger partial charge in [-0.25, -0.2) is 0 Å². The maximum absolute atomic E-state index is 11.8. The van der Waals surface area contributed by atoms with Crippen LogP contribution in [-0.2, 0) is 4.79 Å². The monoisotopic (exact) mass is 255 g/mol. The minimum absolute atomic E-state index is 0. The molecule has 1 fully saturated rings. The molecule has 2 nitrogen and oxygen atoms in total. The van der Waals surface area contributed by atoms with Gasteiger partial charge in [-0.2, -0.15) is 0 Å². The smallest absolute Gasteiger partial charge is 0.138 e. The quantitative estimate of drug-likeness (QED) is 0.760. The molecule has 1 aliphatic rings. The Morgan fingerprint density at radius 2 is 2.28 bits per heavy atom. The summed E-state index contributed by atoms with van der Waals surface area (Å²) in [5.41, 5.74) is 0. The second kappa shape index (κ2) is 8.25. The van der Waals surface area contributed by atoms with E-state index in [-0.39, 0.29) is 31.0 Å². The van der Waals surface area contributed by atoms with Gasteiger partial charge in [0, 0.05) is 16.5 Å². The van der Waals surface area contributed by atoms with Crippen molar-refractivity contribution in [2.45, 2.75) is 53.5 Å². The van der Waals surface area contributed by atoms with E-state index in [1.165, 1.54) is 6.08 Å². The summed E-state index contributed by atoms with van der Waals surface area (Å²) < 4.78 is 21.0. The van der Waals surface area contributed by atoms with Crippen molar-refractivity contribution in [3.8, 4) is 0 Å². The van der Waals surface area contributed by atoms with Gasteiger partial charge in [0.1, 0.15) is 5.78 Å². The van der Waals surface area contributed by atoms with Crippen LogP contribution in [0, 0.1) is 17.8 Å². The van der Waals surface area contributed by atoms with Crippen LogP contribution in [0.5, 0.6) is 0 Å². The lowest BCUT2D eigenvalue weighted by molar-refractivity contribution is -0.125. The van der Waals surface area contributed by atoms with E-state index in [9.17, 15) is 9.90 Å². The van der Waals surface area contributed by atoms with Gasteiger partial charge >= 0.3 is 0 Å². The Balaban J connectivity index is 0.00000400. The van der Waals surface area contributed by atoms with Crippen molar-refractivity contribution in [3.63, 3.8) is 0 Å². The van der Waals surface area contributed by atoms with Crippen LogP contribution in [0.25, 0.3) is 0 Å². The fourth-order valence-corrected chi connectivity index (χ4v) is 2.48. The van der Waals surface area contributed by atoms with Gasteiger partial charge in [0.25, 0.3) is 0 Å². The van der Waals surface area contributed by atoms with Crippen LogP contribution < -0.4 is 0 Å². The van der Waals surface area contributed by atoms with Gasteiger partial charge in [-0.05, 0) is 31.5 Å². The maximum atomic E-state index is 11.8. The first-order valence-corrected chi connectivity index (χ1v) is 6.27. The molecular formula is C16H28O2. The number of Topliss-reactive ketones (excluding diaryl/α,β-unsaturated/α-hetero) is 1. The lowest BCUT2D eigenvalue weighted by Gasteiger charge is -2.25. The fraction of sp³-hybridized carbons (Fsp3) is 0.688. The summed E-state index contributed by atoms with van der Waals surface area (Å²) in [5.74, 6) is 0.167. The number of hydrogen-bond acceptors (Lipinski definition) is 2. The van der Waals surface area contributed by atoms with Crippen molar-refractivity contribution in [2.75, 3.05) is 0 Å². The van der Waals surface area contributed by atoms with E-state index in [4.69, 9.17) is 4.11 Å². The molecule has 2 heteroatoms. The van der Waals surface area contributed by atoms with Crippen LogP contribution in [0.1, 0.15) is 51.5 Å². The van der Waals surface area contributed by atoms with Crippen molar-refractivity contribution in [3.05, 3.63) is 24.3 Å². The highest BCUT2D eigenvalue weighted by atomic mass is 16.3. The first-order chi connectivity index (χ1) is 9.22. The molecule has 0 heterocycles. The van der Waals surface area contributed by atoms with E-state index in [1.807, 2.05) is 19.9 Å². The number of rotatable bonds is 5. The van der Waals surface area contributed by atoms with Gasteiger partial charge in [0.05, 0.1) is 6.10 Å². The largest absolute Gasteiger partial charge is 0.392 e. The number of carbonyl (C=O) groups is 1. The predicted octanol–water partition coefficient (Wildman–Crippen LogP) is 3.76. The highest BCUT2D eigenvalue weighted by molar-refractivity contribution is 5.83. The number of ketones is 1. The van der Waals surface area contributed by atoms with Crippen molar-refractivity contribution >= 4 is 5.78 Å². The van der Waals surface area contributed by atoms with E-state index < -0.39 is 13.0 Å². The Morgan fingerprint density at radius 1 is 1.56 bits per heavy atom. The minimum atomic E-state index is -2.05. The number of aliphatic hydroxyl groups is 1. The van der Waals surface area contributed by atoms with Gasteiger partial charge in [0.15, 0.2) is 0 Å². The molecule has 0 aromatic carbocycles. The SMILES string of the molecule is C.[2H]C([2H])([2H])C=CC=CC[C@@H](C)C(O)[C@H]1C(=O)CCC1C. The first kappa shape index (κ1) is 12.2. The summed E-state index contributed by atoms with van der Waals surface area (Å²) in [6, 6.07) is 0. The Bertz CT molecular complexity index is 385. The standard InChI is InChI=1S/C15H24O2.CH4/c1-4-5-6-7-8-12(3)15(17)14-11(2)9-10-13(14)16;/h4-7,11-12,14-15,17H,8-10H2,1-3H3;1H4/t11?,12-,14-,15?;/m1./s1/i1D3;. The Morgan fingerprint density at radius 3 is 2.83 bits per heavy atom. The molecule has 1 aliphatic carbocycles. The lowest BCUT2D eigenvalue weighted by atomic mass is 9.83. The average Bonchev–Trinajstić information content (AvgIpc) is 2.66. The zero-order valence-corrected chi connectivity index (χ0v) is 10.6. The summed E-state index contributed by atoms with van der Waals surface area (Å²) >= 11 is 0. The Kier molecular flexibility index (Phi) is 5.58. The van der Waals surface area contributed by atoms with E-state index in [0.717, 1.165) is 12.5 Å². The predicted molar refractivity (Wildman–Crippen MR) is 77.4 cm³/mol. The van der Waals surface area contributed by atoms with Crippen LogP contribution in [0.15, 0.2) is 24.3 Å². The third-order valence-corrected chi connectivity index (χ3v) is 3.63. The second-order valence-electron chi connectivity index (χ2n) is 5.00. The molecule has 0 aromatic heterocycles. The molecule has 0 bridgehead atoms. The lowest BCUT2D eigenvalue weighted by Crippen LogP contribution is -2.33. The van der Waals surface area contributed by atoms with E-state index in [0.29, 0.717) is 12.8 Å². The number of allylic oxidation sites excluding steroid dienone is 4. The summed E-state index contributed by atoms with van der Waals surface area (Å²) in [6.07, 6.45) is 7.62. The number of hydrogen-bond donors (Lipinski definition) is 1. The van der Waals surface area contributed by atoms with E-state index >= 15 is 0 Å². The van der Waals surface area contributed by atoms with Gasteiger partial charge in [0.2, 0.25) is 0 Å².